The molecule has 1 saturated heterocycles. The molecule has 2 amide bonds. The Labute approximate surface area is 156 Å². The molecular formula is C17H9Cl2NO4S. The molecule has 0 aliphatic carbocycles. The molecular weight excluding hydrogens is 385 g/mol. The van der Waals surface area contributed by atoms with E-state index in [9.17, 15) is 14.4 Å². The van der Waals surface area contributed by atoms with E-state index in [4.69, 9.17) is 27.9 Å². The Kier molecular flexibility index (Phi) is 5.13. The number of esters is 1. The molecule has 1 aliphatic heterocycles. The second-order valence-electron chi connectivity index (χ2n) is 4.91. The minimum atomic E-state index is -0.621. The molecule has 0 unspecified atom stereocenters. The number of hydrogen-bond donors (Lipinski definition) is 1. The van der Waals surface area contributed by atoms with E-state index in [2.05, 4.69) is 5.32 Å². The van der Waals surface area contributed by atoms with Crippen molar-refractivity contribution in [1.82, 2.24) is 5.32 Å². The van der Waals surface area contributed by atoms with Gasteiger partial charge >= 0.3 is 5.97 Å². The van der Waals surface area contributed by atoms with Crippen LogP contribution in [0, 0.1) is 0 Å². The van der Waals surface area contributed by atoms with Crippen LogP contribution in [0.25, 0.3) is 6.08 Å². The van der Waals surface area contributed by atoms with Crippen LogP contribution in [-0.2, 0) is 4.79 Å². The lowest BCUT2D eigenvalue weighted by Gasteiger charge is -2.08. The van der Waals surface area contributed by atoms with Crippen molar-refractivity contribution < 1.29 is 19.1 Å². The van der Waals surface area contributed by atoms with Crippen LogP contribution in [0.1, 0.15) is 15.9 Å². The fourth-order valence-corrected chi connectivity index (χ4v) is 3.01. The molecule has 126 valence electrons. The molecule has 0 saturated carbocycles. The third-order valence-corrected chi connectivity index (χ3v) is 4.76. The van der Waals surface area contributed by atoms with Gasteiger partial charge in [-0.1, -0.05) is 41.4 Å². The van der Waals surface area contributed by atoms with E-state index < -0.39 is 17.1 Å². The second kappa shape index (κ2) is 7.31. The van der Waals surface area contributed by atoms with E-state index in [1.807, 2.05) is 0 Å². The molecule has 0 bridgehead atoms. The molecule has 0 aromatic heterocycles. The van der Waals surface area contributed by atoms with Gasteiger partial charge in [0, 0.05) is 5.56 Å². The standard InChI is InChI=1S/C17H9Cl2NO4S/c18-11-6-5-10(7-12(11)19)16(22)24-13-4-2-1-3-9(13)8-14-15(21)20-17(23)25-14/h1-8H,(H,20,21,23)/b14-8-. The van der Waals surface area contributed by atoms with E-state index in [1.54, 1.807) is 24.3 Å². The molecule has 3 rings (SSSR count). The van der Waals surface area contributed by atoms with Crippen molar-refractivity contribution in [1.29, 1.82) is 0 Å². The fourth-order valence-electron chi connectivity index (χ4n) is 2.04. The lowest BCUT2D eigenvalue weighted by molar-refractivity contribution is -0.115. The highest BCUT2D eigenvalue weighted by molar-refractivity contribution is 8.18. The molecule has 1 aliphatic rings. The van der Waals surface area contributed by atoms with Crippen molar-refractivity contribution in [3.8, 4) is 5.75 Å². The number of ether oxygens (including phenoxy) is 1. The molecule has 2 aromatic rings. The molecule has 2 aromatic carbocycles. The number of amides is 2. The summed E-state index contributed by atoms with van der Waals surface area (Å²) in [5.74, 6) is -0.858. The highest BCUT2D eigenvalue weighted by Gasteiger charge is 2.25. The van der Waals surface area contributed by atoms with Gasteiger partial charge in [-0.05, 0) is 42.1 Å². The van der Waals surface area contributed by atoms with Gasteiger partial charge in [-0.2, -0.15) is 0 Å². The van der Waals surface area contributed by atoms with E-state index in [0.29, 0.717) is 10.6 Å². The van der Waals surface area contributed by atoms with Gasteiger partial charge in [-0.3, -0.25) is 14.9 Å². The van der Waals surface area contributed by atoms with Crippen molar-refractivity contribution in [3.63, 3.8) is 0 Å². The maximum atomic E-state index is 12.3. The van der Waals surface area contributed by atoms with Gasteiger partial charge in [-0.25, -0.2) is 4.79 Å². The number of para-hydroxylation sites is 1. The summed E-state index contributed by atoms with van der Waals surface area (Å²) >= 11 is 12.5. The smallest absolute Gasteiger partial charge is 0.343 e. The van der Waals surface area contributed by atoms with Gasteiger partial charge in [0.1, 0.15) is 5.75 Å². The maximum absolute atomic E-state index is 12.3. The number of carbonyl (C=O) groups is 3. The number of carbonyl (C=O) groups excluding carboxylic acids is 3. The van der Waals surface area contributed by atoms with Crippen molar-refractivity contribution in [3.05, 3.63) is 68.5 Å². The van der Waals surface area contributed by atoms with Gasteiger partial charge in [0.05, 0.1) is 20.5 Å². The van der Waals surface area contributed by atoms with Crippen molar-refractivity contribution in [2.24, 2.45) is 0 Å². The van der Waals surface area contributed by atoms with Crippen LogP contribution in [0.3, 0.4) is 0 Å². The Balaban J connectivity index is 1.87. The predicted molar refractivity (Wildman–Crippen MR) is 97.0 cm³/mol. The molecule has 25 heavy (non-hydrogen) atoms. The first kappa shape index (κ1) is 17.5. The molecule has 1 N–H and O–H groups in total. The highest BCUT2D eigenvalue weighted by atomic mass is 35.5. The summed E-state index contributed by atoms with van der Waals surface area (Å²) in [6.45, 7) is 0. The quantitative estimate of drug-likeness (QED) is 0.470. The fraction of sp³-hybridized carbons (Fsp3) is 0. The largest absolute Gasteiger partial charge is 0.422 e. The van der Waals surface area contributed by atoms with E-state index in [-0.39, 0.29) is 21.2 Å². The van der Waals surface area contributed by atoms with Gasteiger partial charge in [0.2, 0.25) is 0 Å². The lowest BCUT2D eigenvalue weighted by Crippen LogP contribution is -2.17. The number of hydrogen-bond acceptors (Lipinski definition) is 5. The summed E-state index contributed by atoms with van der Waals surface area (Å²) in [6, 6.07) is 11.1. The zero-order valence-electron chi connectivity index (χ0n) is 12.4. The summed E-state index contributed by atoms with van der Waals surface area (Å²) in [5.41, 5.74) is 0.725. The van der Waals surface area contributed by atoms with Gasteiger partial charge in [0.25, 0.3) is 11.1 Å². The lowest BCUT2D eigenvalue weighted by atomic mass is 10.1. The van der Waals surface area contributed by atoms with Crippen LogP contribution in [0.15, 0.2) is 47.4 Å². The number of thioether (sulfide) groups is 1. The topological polar surface area (TPSA) is 72.5 Å². The zero-order chi connectivity index (χ0) is 18.0. The van der Waals surface area contributed by atoms with Crippen LogP contribution in [-0.4, -0.2) is 17.1 Å². The van der Waals surface area contributed by atoms with Crippen molar-refractivity contribution in [2.75, 3.05) is 0 Å². The highest BCUT2D eigenvalue weighted by Crippen LogP contribution is 2.30. The van der Waals surface area contributed by atoms with E-state index >= 15 is 0 Å². The van der Waals surface area contributed by atoms with Gasteiger partial charge in [-0.15, -0.1) is 0 Å². The Morgan fingerprint density at radius 3 is 2.52 bits per heavy atom. The molecule has 1 heterocycles. The van der Waals surface area contributed by atoms with Crippen LogP contribution >= 0.6 is 35.0 Å². The minimum absolute atomic E-state index is 0.225. The minimum Gasteiger partial charge on any atom is -0.422 e. The Bertz CT molecular complexity index is 927. The number of rotatable bonds is 3. The van der Waals surface area contributed by atoms with Crippen LogP contribution in [0.4, 0.5) is 4.79 Å². The number of nitrogens with one attached hydrogen (secondary N) is 1. The van der Waals surface area contributed by atoms with Crippen molar-refractivity contribution >= 4 is 58.2 Å². The molecule has 0 atom stereocenters. The Hall–Kier alpha value is -2.28. The summed E-state index contributed by atoms with van der Waals surface area (Å²) in [4.78, 5) is 35.4. The third kappa shape index (κ3) is 4.04. The number of benzene rings is 2. The average Bonchev–Trinajstić information content (AvgIpc) is 2.89. The zero-order valence-corrected chi connectivity index (χ0v) is 14.7. The maximum Gasteiger partial charge on any atom is 0.343 e. The van der Waals surface area contributed by atoms with E-state index in [0.717, 1.165) is 11.8 Å². The van der Waals surface area contributed by atoms with Crippen LogP contribution in [0.2, 0.25) is 10.0 Å². The van der Waals surface area contributed by atoms with E-state index in [1.165, 1.54) is 24.3 Å². The first-order valence-electron chi connectivity index (χ1n) is 6.95. The van der Waals surface area contributed by atoms with Crippen LogP contribution in [0.5, 0.6) is 5.75 Å². The van der Waals surface area contributed by atoms with Crippen molar-refractivity contribution in [2.45, 2.75) is 0 Å². The van der Waals surface area contributed by atoms with Crippen LogP contribution < -0.4 is 10.1 Å². The predicted octanol–water partition coefficient (Wildman–Crippen LogP) is 4.54. The number of halogens is 2. The summed E-state index contributed by atoms with van der Waals surface area (Å²) in [5, 5.41) is 2.29. The molecule has 8 heteroatoms. The normalized spacial score (nSPS) is 15.4. The SMILES string of the molecule is O=C1NC(=O)/C(=C/c2ccccc2OC(=O)c2ccc(Cl)c(Cl)c2)S1. The molecule has 1 fully saturated rings. The average molecular weight is 394 g/mol. The third-order valence-electron chi connectivity index (χ3n) is 3.21. The number of imide groups is 1. The summed E-state index contributed by atoms with van der Waals surface area (Å²) in [7, 11) is 0. The first-order valence-corrected chi connectivity index (χ1v) is 8.52. The summed E-state index contributed by atoms with van der Waals surface area (Å²) in [6.07, 6.45) is 1.49. The Morgan fingerprint density at radius 2 is 1.84 bits per heavy atom. The van der Waals surface area contributed by atoms with Gasteiger partial charge < -0.3 is 4.74 Å². The summed E-state index contributed by atoms with van der Waals surface area (Å²) < 4.78 is 5.39. The molecule has 0 spiro atoms. The molecule has 5 nitrogen and oxygen atoms in total. The monoisotopic (exact) mass is 393 g/mol. The molecule has 0 radical (unpaired) electrons. The first-order chi connectivity index (χ1) is 11.9. The second-order valence-corrected chi connectivity index (χ2v) is 6.74. The Morgan fingerprint density at radius 1 is 1.08 bits per heavy atom. The van der Waals surface area contributed by atoms with Gasteiger partial charge in [0.15, 0.2) is 0 Å².